The van der Waals surface area contributed by atoms with Crippen molar-refractivity contribution in [3.63, 3.8) is 0 Å². The van der Waals surface area contributed by atoms with Crippen molar-refractivity contribution in [1.82, 2.24) is 4.31 Å². The fourth-order valence-electron chi connectivity index (χ4n) is 7.03. The maximum Gasteiger partial charge on any atom is 0.312 e. The van der Waals surface area contributed by atoms with Crippen LogP contribution in [0.25, 0.3) is 0 Å². The quantitative estimate of drug-likeness (QED) is 0.0492. The highest BCUT2D eigenvalue weighted by atomic mass is 32.2. The van der Waals surface area contributed by atoms with Crippen LogP contribution in [-0.2, 0) is 41.9 Å². The van der Waals surface area contributed by atoms with Gasteiger partial charge in [-0.05, 0) is 99.6 Å². The minimum atomic E-state index is -4.12. The summed E-state index contributed by atoms with van der Waals surface area (Å²) in [6.45, 7) is 22.9. The largest absolute Gasteiger partial charge is 0.493 e. The van der Waals surface area contributed by atoms with Crippen LogP contribution in [0.5, 0.6) is 11.5 Å². The molecule has 0 heterocycles. The molecule has 9 nitrogen and oxygen atoms in total. The Morgan fingerprint density at radius 3 is 1.98 bits per heavy atom. The van der Waals surface area contributed by atoms with Gasteiger partial charge in [0.1, 0.15) is 6.10 Å². The monoisotopic (exact) mass is 869 g/mol. The second kappa shape index (κ2) is 21.5. The van der Waals surface area contributed by atoms with Gasteiger partial charge in [-0.2, -0.15) is 4.31 Å². The van der Waals surface area contributed by atoms with E-state index in [0.717, 1.165) is 22.3 Å². The van der Waals surface area contributed by atoms with Crippen molar-refractivity contribution < 1.29 is 36.6 Å². The fraction of sp³-hybridized carbons (Fsp3) is 0.420. The van der Waals surface area contributed by atoms with E-state index in [2.05, 4.69) is 33.9 Å². The number of benzene rings is 4. The first-order valence-corrected chi connectivity index (χ1v) is 25.3. The molecule has 61 heavy (non-hydrogen) atoms. The lowest BCUT2D eigenvalue weighted by atomic mass is 10.00. The third-order valence-electron chi connectivity index (χ3n) is 11.5. The zero-order valence-corrected chi connectivity index (χ0v) is 40.3. The summed E-state index contributed by atoms with van der Waals surface area (Å²) in [7, 11) is -2.91. The van der Waals surface area contributed by atoms with E-state index < -0.39 is 48.5 Å². The van der Waals surface area contributed by atoms with Gasteiger partial charge in [0, 0.05) is 6.54 Å². The summed E-state index contributed by atoms with van der Waals surface area (Å²) in [6, 6.07) is 27.3. The van der Waals surface area contributed by atoms with Crippen molar-refractivity contribution in [2.75, 3.05) is 20.8 Å². The Bertz CT molecular complexity index is 2210. The highest BCUT2D eigenvalue weighted by molar-refractivity contribution is 7.89. The van der Waals surface area contributed by atoms with Gasteiger partial charge in [0.2, 0.25) is 10.0 Å². The summed E-state index contributed by atoms with van der Waals surface area (Å²) in [5.74, 6) is -0.175. The van der Waals surface area contributed by atoms with E-state index in [4.69, 9.17) is 23.4 Å². The molecule has 0 amide bonds. The molecule has 0 unspecified atom stereocenters. The smallest absolute Gasteiger partial charge is 0.312 e. The summed E-state index contributed by atoms with van der Waals surface area (Å²) in [5.41, 5.74) is 5.46. The Kier molecular flexibility index (Phi) is 17.3. The highest BCUT2D eigenvalue weighted by Gasteiger charge is 2.39. The standard InChI is InChI=1S/C50H67NO8SSi/c1-35(21-20-28-58-61(12,13)50(7,8)9)31-45(57-34-42-26-27-44(55-10)46(32-42)56-11)39(5)49(52)59-47(43-24-18-15-19-25-43)40(6)51(33-41-22-16-14-17-23-41)60(53,54)48-37(3)29-36(2)30-38(48)4/h14-27,29-32,39-40,45,47H,28,33-34H2,1-13H3/b21-20+,35-31+/t39-,40+,45-,47+/m1/s1. The predicted molar refractivity (Wildman–Crippen MR) is 248 cm³/mol. The van der Waals surface area contributed by atoms with Crippen molar-refractivity contribution in [2.45, 2.75) is 117 Å². The van der Waals surface area contributed by atoms with E-state index in [0.29, 0.717) is 34.8 Å². The lowest BCUT2D eigenvalue weighted by Crippen LogP contribution is -2.44. The Balaban J connectivity index is 1.73. The number of sulfonamides is 1. The first-order valence-electron chi connectivity index (χ1n) is 20.9. The van der Waals surface area contributed by atoms with E-state index in [9.17, 15) is 13.2 Å². The number of rotatable bonds is 20. The second-order valence-corrected chi connectivity index (χ2v) is 24.0. The van der Waals surface area contributed by atoms with Crippen molar-refractivity contribution in [3.8, 4) is 11.5 Å². The normalized spacial score (nSPS) is 14.8. The lowest BCUT2D eigenvalue weighted by Gasteiger charge is -2.35. The number of hydrogen-bond acceptors (Lipinski definition) is 8. The number of aryl methyl sites for hydroxylation is 3. The molecule has 0 fully saturated rings. The van der Waals surface area contributed by atoms with Crippen LogP contribution in [0.2, 0.25) is 18.1 Å². The molecule has 4 atom stereocenters. The molecule has 0 saturated carbocycles. The number of esters is 1. The number of nitrogens with zero attached hydrogens (tertiary/aromatic N) is 1. The molecular weight excluding hydrogens is 803 g/mol. The molecule has 11 heteroatoms. The van der Waals surface area contributed by atoms with Crippen molar-refractivity contribution in [2.24, 2.45) is 5.92 Å². The maximum absolute atomic E-state index is 15.0. The molecule has 330 valence electrons. The van der Waals surface area contributed by atoms with E-state index in [-0.39, 0.29) is 23.1 Å². The second-order valence-electron chi connectivity index (χ2n) is 17.4. The van der Waals surface area contributed by atoms with Gasteiger partial charge in [-0.15, -0.1) is 0 Å². The zero-order chi connectivity index (χ0) is 45.1. The number of carbonyl (C=O) groups is 1. The first kappa shape index (κ1) is 49.1. The third-order valence-corrected chi connectivity index (χ3v) is 18.3. The average Bonchev–Trinajstić information content (AvgIpc) is 3.21. The van der Waals surface area contributed by atoms with Crippen LogP contribution < -0.4 is 9.47 Å². The predicted octanol–water partition coefficient (Wildman–Crippen LogP) is 11.2. The number of hydrogen-bond donors (Lipinski definition) is 0. The van der Waals surface area contributed by atoms with Gasteiger partial charge in [0.15, 0.2) is 19.8 Å². The molecular formula is C50H67NO8SSi. The summed E-state index contributed by atoms with van der Waals surface area (Å²) in [6.07, 6.45) is 4.21. The Hall–Kier alpha value is -4.52. The molecule has 4 aromatic rings. The van der Waals surface area contributed by atoms with Gasteiger partial charge in [-0.1, -0.05) is 129 Å². The Morgan fingerprint density at radius 2 is 1.41 bits per heavy atom. The molecule has 0 aliphatic rings. The van der Waals surface area contributed by atoms with Crippen LogP contribution in [-0.4, -0.2) is 60.0 Å². The van der Waals surface area contributed by atoms with Gasteiger partial charge in [0.25, 0.3) is 0 Å². The molecule has 4 aromatic carbocycles. The first-order chi connectivity index (χ1) is 28.7. The summed E-state index contributed by atoms with van der Waals surface area (Å²) in [4.78, 5) is 14.8. The lowest BCUT2D eigenvalue weighted by molar-refractivity contribution is -0.161. The molecule has 0 radical (unpaired) electrons. The van der Waals surface area contributed by atoms with E-state index >= 15 is 0 Å². The van der Waals surface area contributed by atoms with Crippen LogP contribution in [0.4, 0.5) is 0 Å². The van der Waals surface area contributed by atoms with Gasteiger partial charge >= 0.3 is 5.97 Å². The van der Waals surface area contributed by atoms with E-state index in [1.165, 1.54) is 4.31 Å². The summed E-state index contributed by atoms with van der Waals surface area (Å²) >= 11 is 0. The van der Waals surface area contributed by atoms with Crippen LogP contribution >= 0.6 is 0 Å². The third kappa shape index (κ3) is 13.0. The van der Waals surface area contributed by atoms with Gasteiger partial charge in [-0.25, -0.2) is 8.42 Å². The minimum absolute atomic E-state index is 0.0675. The summed E-state index contributed by atoms with van der Waals surface area (Å²) < 4.78 is 61.8. The Labute approximate surface area is 366 Å². The topological polar surface area (TPSA) is 101 Å². The number of ether oxygens (including phenoxy) is 4. The van der Waals surface area contributed by atoms with Crippen molar-refractivity contribution in [3.05, 3.63) is 148 Å². The minimum Gasteiger partial charge on any atom is -0.493 e. The highest BCUT2D eigenvalue weighted by Crippen LogP contribution is 2.37. The maximum atomic E-state index is 15.0. The van der Waals surface area contributed by atoms with Crippen LogP contribution in [0.3, 0.4) is 0 Å². The molecule has 0 aliphatic carbocycles. The molecule has 0 spiro atoms. The van der Waals surface area contributed by atoms with Crippen LogP contribution in [0.15, 0.2) is 120 Å². The molecule has 0 saturated heterocycles. The summed E-state index contributed by atoms with van der Waals surface area (Å²) in [5, 5.41) is 0.0843. The molecule has 0 aliphatic heterocycles. The van der Waals surface area contributed by atoms with Crippen LogP contribution in [0.1, 0.15) is 81.0 Å². The molecule has 0 N–H and O–H groups in total. The van der Waals surface area contributed by atoms with Crippen molar-refractivity contribution >= 4 is 24.3 Å². The SMILES string of the molecule is COc1ccc(CO[C@H](/C=C(C)/C=C/CO[Si](C)(C)C(C)(C)C)[C@@H](C)C(=O)O[C@H](c2ccccc2)[C@H](C)N(Cc2ccccc2)S(=O)(=O)c2c(C)cc(C)cc2C)cc1OC. The Morgan fingerprint density at radius 1 is 0.820 bits per heavy atom. The van der Waals surface area contributed by atoms with Gasteiger partial charge in [-0.3, -0.25) is 4.79 Å². The fourth-order valence-corrected chi connectivity index (χ4v) is 10.0. The van der Waals surface area contributed by atoms with E-state index in [1.807, 2.05) is 137 Å². The molecule has 4 rings (SSSR count). The number of carbonyl (C=O) groups excluding carboxylic acids is 1. The van der Waals surface area contributed by atoms with Crippen molar-refractivity contribution in [1.29, 1.82) is 0 Å². The molecule has 0 aromatic heterocycles. The average molecular weight is 870 g/mol. The zero-order valence-electron chi connectivity index (χ0n) is 38.4. The van der Waals surface area contributed by atoms with Gasteiger partial charge in [0.05, 0.1) is 50.4 Å². The van der Waals surface area contributed by atoms with Gasteiger partial charge < -0.3 is 23.4 Å². The number of methoxy groups -OCH3 is 2. The van der Waals surface area contributed by atoms with E-state index in [1.54, 1.807) is 28.1 Å². The molecule has 0 bridgehead atoms. The number of allylic oxidation sites excluding steroid dienone is 2. The van der Waals surface area contributed by atoms with Crippen LogP contribution in [0, 0.1) is 26.7 Å².